The monoisotopic (exact) mass is 253 g/mol. The minimum absolute atomic E-state index is 0.494. The van der Waals surface area contributed by atoms with Crippen molar-refractivity contribution in [1.82, 2.24) is 0 Å². The highest BCUT2D eigenvalue weighted by atomic mass is 14.9. The molecular formula is C18H23N. The number of anilines is 1. The number of allylic oxidation sites excluding steroid dienone is 1. The molecular weight excluding hydrogens is 230 g/mol. The number of benzene rings is 2. The minimum Gasteiger partial charge on any atom is -0.382 e. The molecule has 0 aliphatic rings. The molecule has 0 saturated heterocycles. The summed E-state index contributed by atoms with van der Waals surface area (Å²) in [7, 11) is 0. The SMILES string of the molecule is C=C(C)c1cccc2cccc(NC(C)CCC)c12. The third-order valence-corrected chi connectivity index (χ3v) is 3.49. The molecule has 0 aliphatic carbocycles. The second kappa shape index (κ2) is 5.92. The van der Waals surface area contributed by atoms with Gasteiger partial charge in [-0.2, -0.15) is 0 Å². The summed E-state index contributed by atoms with van der Waals surface area (Å²) >= 11 is 0. The van der Waals surface area contributed by atoms with E-state index < -0.39 is 0 Å². The Morgan fingerprint density at radius 1 is 1.21 bits per heavy atom. The Morgan fingerprint density at radius 3 is 2.53 bits per heavy atom. The van der Waals surface area contributed by atoms with Crippen molar-refractivity contribution in [3.05, 3.63) is 48.5 Å². The van der Waals surface area contributed by atoms with Crippen molar-refractivity contribution in [2.24, 2.45) is 0 Å². The Labute approximate surface area is 116 Å². The summed E-state index contributed by atoms with van der Waals surface area (Å²) in [6.45, 7) is 10.6. The second-order valence-electron chi connectivity index (χ2n) is 5.32. The summed E-state index contributed by atoms with van der Waals surface area (Å²) in [6, 6.07) is 13.4. The molecule has 2 aromatic rings. The Kier molecular flexibility index (Phi) is 4.26. The Balaban J connectivity index is 2.51. The minimum atomic E-state index is 0.494. The molecule has 19 heavy (non-hydrogen) atoms. The molecule has 0 aliphatic heterocycles. The second-order valence-corrected chi connectivity index (χ2v) is 5.32. The lowest BCUT2D eigenvalue weighted by atomic mass is 9.98. The molecule has 0 heterocycles. The first kappa shape index (κ1) is 13.7. The molecule has 2 rings (SSSR count). The van der Waals surface area contributed by atoms with Gasteiger partial charge in [-0.15, -0.1) is 0 Å². The maximum atomic E-state index is 4.10. The molecule has 100 valence electrons. The molecule has 0 radical (unpaired) electrons. The van der Waals surface area contributed by atoms with Gasteiger partial charge in [0.25, 0.3) is 0 Å². The van der Waals surface area contributed by atoms with Crippen molar-refractivity contribution in [1.29, 1.82) is 0 Å². The molecule has 1 atom stereocenters. The predicted molar refractivity (Wildman–Crippen MR) is 86.6 cm³/mol. The quantitative estimate of drug-likeness (QED) is 0.744. The fraction of sp³-hybridized carbons (Fsp3) is 0.333. The van der Waals surface area contributed by atoms with E-state index in [0.29, 0.717) is 6.04 Å². The van der Waals surface area contributed by atoms with Crippen LogP contribution in [0.1, 0.15) is 39.2 Å². The van der Waals surface area contributed by atoms with E-state index in [1.165, 1.54) is 34.9 Å². The van der Waals surface area contributed by atoms with Crippen LogP contribution < -0.4 is 5.32 Å². The largest absolute Gasteiger partial charge is 0.382 e. The first-order valence-electron chi connectivity index (χ1n) is 7.07. The van der Waals surface area contributed by atoms with Crippen LogP contribution in [-0.2, 0) is 0 Å². The molecule has 1 N–H and O–H groups in total. The van der Waals surface area contributed by atoms with Crippen molar-refractivity contribution in [3.63, 3.8) is 0 Å². The van der Waals surface area contributed by atoms with Crippen molar-refractivity contribution < 1.29 is 0 Å². The lowest BCUT2D eigenvalue weighted by molar-refractivity contribution is 0.691. The van der Waals surface area contributed by atoms with Crippen LogP contribution in [-0.4, -0.2) is 6.04 Å². The molecule has 2 aromatic carbocycles. The summed E-state index contributed by atoms with van der Waals surface area (Å²) < 4.78 is 0. The number of nitrogens with one attached hydrogen (secondary N) is 1. The van der Waals surface area contributed by atoms with Crippen LogP contribution in [0, 0.1) is 0 Å². The number of hydrogen-bond acceptors (Lipinski definition) is 1. The van der Waals surface area contributed by atoms with Gasteiger partial charge in [0.05, 0.1) is 0 Å². The zero-order valence-electron chi connectivity index (χ0n) is 12.2. The summed E-state index contributed by atoms with van der Waals surface area (Å²) in [5.74, 6) is 0. The zero-order chi connectivity index (χ0) is 13.8. The number of rotatable bonds is 5. The van der Waals surface area contributed by atoms with E-state index in [9.17, 15) is 0 Å². The van der Waals surface area contributed by atoms with Crippen LogP contribution in [0.15, 0.2) is 43.0 Å². The fourth-order valence-corrected chi connectivity index (χ4v) is 2.59. The van der Waals surface area contributed by atoms with Crippen LogP contribution in [0.25, 0.3) is 16.3 Å². The van der Waals surface area contributed by atoms with Crippen molar-refractivity contribution >= 4 is 22.0 Å². The van der Waals surface area contributed by atoms with Crippen LogP contribution >= 0.6 is 0 Å². The maximum absolute atomic E-state index is 4.10. The van der Waals surface area contributed by atoms with Gasteiger partial charge in [0.1, 0.15) is 0 Å². The topological polar surface area (TPSA) is 12.0 Å². The fourth-order valence-electron chi connectivity index (χ4n) is 2.59. The summed E-state index contributed by atoms with van der Waals surface area (Å²) in [5, 5.41) is 6.20. The molecule has 1 unspecified atom stereocenters. The first-order valence-corrected chi connectivity index (χ1v) is 7.07. The molecule has 0 aromatic heterocycles. The molecule has 0 fully saturated rings. The molecule has 1 nitrogen and oxygen atoms in total. The molecule has 0 amide bonds. The van der Waals surface area contributed by atoms with Gasteiger partial charge in [0, 0.05) is 17.1 Å². The zero-order valence-corrected chi connectivity index (χ0v) is 12.2. The summed E-state index contributed by atoms with van der Waals surface area (Å²) in [4.78, 5) is 0. The van der Waals surface area contributed by atoms with E-state index in [2.05, 4.69) is 69.1 Å². The number of hydrogen-bond donors (Lipinski definition) is 1. The molecule has 0 saturated carbocycles. The van der Waals surface area contributed by atoms with E-state index in [4.69, 9.17) is 0 Å². The van der Waals surface area contributed by atoms with Gasteiger partial charge < -0.3 is 5.32 Å². The highest BCUT2D eigenvalue weighted by Gasteiger charge is 2.08. The van der Waals surface area contributed by atoms with Crippen molar-refractivity contribution in [3.8, 4) is 0 Å². The Bertz CT molecular complexity index is 578. The average molecular weight is 253 g/mol. The average Bonchev–Trinajstić information content (AvgIpc) is 2.38. The van der Waals surface area contributed by atoms with Gasteiger partial charge >= 0.3 is 0 Å². The van der Waals surface area contributed by atoms with E-state index >= 15 is 0 Å². The van der Waals surface area contributed by atoms with Crippen molar-refractivity contribution in [2.45, 2.75) is 39.7 Å². The van der Waals surface area contributed by atoms with Gasteiger partial charge in [-0.3, -0.25) is 0 Å². The van der Waals surface area contributed by atoms with E-state index in [1.54, 1.807) is 0 Å². The third kappa shape index (κ3) is 2.98. The normalized spacial score (nSPS) is 12.4. The number of fused-ring (bicyclic) bond motifs is 1. The smallest absolute Gasteiger partial charge is 0.0428 e. The van der Waals surface area contributed by atoms with E-state index in [-0.39, 0.29) is 0 Å². The van der Waals surface area contributed by atoms with Crippen LogP contribution in [0.3, 0.4) is 0 Å². The molecule has 0 spiro atoms. The highest BCUT2D eigenvalue weighted by Crippen LogP contribution is 2.31. The lowest BCUT2D eigenvalue weighted by Gasteiger charge is -2.18. The predicted octanol–water partition coefficient (Wildman–Crippen LogP) is 5.47. The van der Waals surface area contributed by atoms with Gasteiger partial charge in [-0.05, 0) is 37.3 Å². The van der Waals surface area contributed by atoms with Gasteiger partial charge in [-0.1, -0.05) is 55.8 Å². The Hall–Kier alpha value is -1.76. The summed E-state index contributed by atoms with van der Waals surface area (Å²) in [5.41, 5.74) is 3.57. The van der Waals surface area contributed by atoms with Gasteiger partial charge in [0.15, 0.2) is 0 Å². The molecule has 0 bridgehead atoms. The maximum Gasteiger partial charge on any atom is 0.0428 e. The molecule has 1 heteroatoms. The third-order valence-electron chi connectivity index (χ3n) is 3.49. The summed E-state index contributed by atoms with van der Waals surface area (Å²) in [6.07, 6.45) is 2.39. The van der Waals surface area contributed by atoms with Crippen LogP contribution in [0.2, 0.25) is 0 Å². The van der Waals surface area contributed by atoms with Gasteiger partial charge in [0.2, 0.25) is 0 Å². The van der Waals surface area contributed by atoms with Crippen LogP contribution in [0.4, 0.5) is 5.69 Å². The Morgan fingerprint density at radius 2 is 1.89 bits per heavy atom. The lowest BCUT2D eigenvalue weighted by Crippen LogP contribution is -2.14. The van der Waals surface area contributed by atoms with E-state index in [1.807, 2.05) is 0 Å². The first-order chi connectivity index (χ1) is 9.13. The van der Waals surface area contributed by atoms with Crippen molar-refractivity contribution in [2.75, 3.05) is 5.32 Å². The van der Waals surface area contributed by atoms with Gasteiger partial charge in [-0.25, -0.2) is 0 Å². The standard InChI is InChI=1S/C18H23N/c1-5-8-14(4)19-17-12-7-10-15-9-6-11-16(13(2)3)18(15)17/h6-7,9-12,14,19H,2,5,8H2,1,3-4H3. The van der Waals surface area contributed by atoms with E-state index in [0.717, 1.165) is 5.57 Å². The van der Waals surface area contributed by atoms with Crippen LogP contribution in [0.5, 0.6) is 0 Å². The highest BCUT2D eigenvalue weighted by molar-refractivity contribution is 6.01.